The Morgan fingerprint density at radius 2 is 2.13 bits per heavy atom. The molecule has 0 radical (unpaired) electrons. The molecule has 23 heavy (non-hydrogen) atoms. The second kappa shape index (κ2) is 8.50. The van der Waals surface area contributed by atoms with Gasteiger partial charge < -0.3 is 15.2 Å². The first-order chi connectivity index (χ1) is 11.1. The molecule has 2 N–H and O–H groups in total. The zero-order valence-corrected chi connectivity index (χ0v) is 13.6. The maximum Gasteiger partial charge on any atom is 0.252 e. The van der Waals surface area contributed by atoms with Crippen LogP contribution in [-0.4, -0.2) is 29.1 Å². The zero-order valence-electron chi connectivity index (χ0n) is 12.8. The number of nitrogens with one attached hydrogen (secondary N) is 1. The maximum atomic E-state index is 12.1. The Hall–Kier alpha value is -2.11. The summed E-state index contributed by atoms with van der Waals surface area (Å²) in [5.74, 6) is 0.0212. The van der Waals surface area contributed by atoms with Gasteiger partial charge in [-0.05, 0) is 25.0 Å². The summed E-state index contributed by atoms with van der Waals surface area (Å²) in [4.78, 5) is 16.1. The van der Waals surface area contributed by atoms with Crippen LogP contribution in [0.2, 0.25) is 5.02 Å². The molecule has 0 saturated carbocycles. The molecule has 0 spiro atoms. The van der Waals surface area contributed by atoms with Crippen molar-refractivity contribution >= 4 is 17.5 Å². The number of ether oxygens (including phenoxy) is 1. The number of carbonyl (C=O) groups excluding carboxylic acids is 1. The fourth-order valence-corrected chi connectivity index (χ4v) is 2.28. The van der Waals surface area contributed by atoms with Crippen molar-refractivity contribution in [2.24, 2.45) is 0 Å². The van der Waals surface area contributed by atoms with E-state index in [9.17, 15) is 9.90 Å². The highest BCUT2D eigenvalue weighted by Gasteiger charge is 2.12. The minimum atomic E-state index is -0.612. The fourth-order valence-electron chi connectivity index (χ4n) is 2.06. The number of pyridine rings is 1. The van der Waals surface area contributed by atoms with Gasteiger partial charge in [0.05, 0.1) is 18.3 Å². The monoisotopic (exact) mass is 334 g/mol. The van der Waals surface area contributed by atoms with Crippen molar-refractivity contribution in [1.29, 1.82) is 0 Å². The van der Waals surface area contributed by atoms with E-state index >= 15 is 0 Å². The second-order valence-electron chi connectivity index (χ2n) is 4.92. The van der Waals surface area contributed by atoms with E-state index in [1.165, 1.54) is 12.3 Å². The Balaban J connectivity index is 1.86. The van der Waals surface area contributed by atoms with Gasteiger partial charge >= 0.3 is 0 Å². The molecule has 5 nitrogen and oxygen atoms in total. The minimum Gasteiger partial charge on any atom is -0.477 e. The number of aliphatic hydroxyl groups excluding tert-OH is 1. The van der Waals surface area contributed by atoms with Crippen molar-refractivity contribution in [2.45, 2.75) is 19.4 Å². The predicted molar refractivity (Wildman–Crippen MR) is 88.8 cm³/mol. The van der Waals surface area contributed by atoms with Crippen molar-refractivity contribution in [3.63, 3.8) is 0 Å². The molecule has 1 unspecified atom stereocenters. The number of rotatable bonds is 7. The third kappa shape index (κ3) is 4.94. The normalized spacial score (nSPS) is 11.8. The van der Waals surface area contributed by atoms with Crippen LogP contribution < -0.4 is 10.1 Å². The van der Waals surface area contributed by atoms with E-state index in [2.05, 4.69) is 10.3 Å². The molecule has 0 saturated heterocycles. The highest BCUT2D eigenvalue weighted by Crippen LogP contribution is 2.22. The van der Waals surface area contributed by atoms with E-state index in [1.807, 2.05) is 37.3 Å². The molecule has 0 bridgehead atoms. The van der Waals surface area contributed by atoms with E-state index in [1.54, 1.807) is 0 Å². The van der Waals surface area contributed by atoms with Gasteiger partial charge in [-0.2, -0.15) is 0 Å². The number of amides is 1. The summed E-state index contributed by atoms with van der Waals surface area (Å²) in [6, 6.07) is 10.8. The van der Waals surface area contributed by atoms with Crippen LogP contribution in [0.15, 0.2) is 42.6 Å². The Bertz CT molecular complexity index is 650. The lowest BCUT2D eigenvalue weighted by atomic mass is 10.1. The van der Waals surface area contributed by atoms with E-state index in [0.717, 1.165) is 5.56 Å². The van der Waals surface area contributed by atoms with Gasteiger partial charge in [-0.3, -0.25) is 4.79 Å². The lowest BCUT2D eigenvalue weighted by Gasteiger charge is -2.12. The van der Waals surface area contributed by atoms with Crippen LogP contribution >= 0.6 is 11.6 Å². The largest absolute Gasteiger partial charge is 0.477 e. The Kier molecular flexibility index (Phi) is 6.38. The molecule has 1 amide bonds. The number of aromatic nitrogens is 1. The Labute approximate surface area is 140 Å². The quantitative estimate of drug-likeness (QED) is 0.816. The van der Waals surface area contributed by atoms with Gasteiger partial charge in [-0.15, -0.1) is 0 Å². The van der Waals surface area contributed by atoms with Gasteiger partial charge in [0, 0.05) is 12.7 Å². The first kappa shape index (κ1) is 17.2. The number of nitrogens with zero attached hydrogens (tertiary/aromatic N) is 1. The summed E-state index contributed by atoms with van der Waals surface area (Å²) in [6.07, 6.45) is 1.23. The molecular formula is C17H19ClN2O3. The van der Waals surface area contributed by atoms with Crippen molar-refractivity contribution in [2.75, 3.05) is 13.2 Å². The number of benzene rings is 1. The smallest absolute Gasteiger partial charge is 0.252 e. The van der Waals surface area contributed by atoms with Crippen LogP contribution in [0.3, 0.4) is 0 Å². The highest BCUT2D eigenvalue weighted by molar-refractivity contribution is 6.32. The summed E-state index contributed by atoms with van der Waals surface area (Å²) in [7, 11) is 0. The molecule has 0 aliphatic rings. The predicted octanol–water partition coefficient (Wildman–Crippen LogP) is 2.99. The molecule has 1 heterocycles. The van der Waals surface area contributed by atoms with Gasteiger partial charge in [-0.1, -0.05) is 41.9 Å². The minimum absolute atomic E-state index is 0.289. The molecule has 6 heteroatoms. The fraction of sp³-hybridized carbons (Fsp3) is 0.294. The third-order valence-corrected chi connectivity index (χ3v) is 3.51. The van der Waals surface area contributed by atoms with Crippen LogP contribution in [0.25, 0.3) is 0 Å². The number of carbonyl (C=O) groups is 1. The molecule has 0 fully saturated rings. The van der Waals surface area contributed by atoms with Gasteiger partial charge in [0.2, 0.25) is 5.88 Å². The van der Waals surface area contributed by atoms with Crippen LogP contribution in [0, 0.1) is 0 Å². The molecule has 2 aromatic rings. The molecule has 0 aliphatic heterocycles. The first-order valence-corrected chi connectivity index (χ1v) is 7.79. The summed E-state index contributed by atoms with van der Waals surface area (Å²) in [6.45, 7) is 2.63. The Morgan fingerprint density at radius 1 is 1.39 bits per heavy atom. The second-order valence-corrected chi connectivity index (χ2v) is 5.32. The average Bonchev–Trinajstić information content (AvgIpc) is 2.57. The third-order valence-electron chi connectivity index (χ3n) is 3.24. The summed E-state index contributed by atoms with van der Waals surface area (Å²) >= 11 is 6.01. The van der Waals surface area contributed by atoms with Crippen molar-refractivity contribution in [3.8, 4) is 5.88 Å². The van der Waals surface area contributed by atoms with Gasteiger partial charge in [-0.25, -0.2) is 4.98 Å². The SMILES string of the molecule is CCOc1ncc(C(=O)NCCC(O)c2ccccc2)cc1Cl. The number of hydrogen-bond acceptors (Lipinski definition) is 4. The van der Waals surface area contributed by atoms with Crippen LogP contribution in [0.1, 0.15) is 35.4 Å². The molecule has 1 aromatic heterocycles. The van der Waals surface area contributed by atoms with Gasteiger partial charge in [0.15, 0.2) is 0 Å². The van der Waals surface area contributed by atoms with E-state index < -0.39 is 6.10 Å². The number of aliphatic hydroxyl groups is 1. The van der Waals surface area contributed by atoms with Crippen molar-refractivity contribution < 1.29 is 14.6 Å². The number of halogens is 1. The van der Waals surface area contributed by atoms with Gasteiger partial charge in [0.1, 0.15) is 5.02 Å². The summed E-state index contributed by atoms with van der Waals surface area (Å²) in [5.41, 5.74) is 1.18. The Morgan fingerprint density at radius 3 is 2.78 bits per heavy atom. The zero-order chi connectivity index (χ0) is 16.7. The van der Waals surface area contributed by atoms with Crippen molar-refractivity contribution in [1.82, 2.24) is 10.3 Å². The average molecular weight is 335 g/mol. The molecule has 1 atom stereocenters. The van der Waals surface area contributed by atoms with Crippen LogP contribution in [0.5, 0.6) is 5.88 Å². The number of hydrogen-bond donors (Lipinski definition) is 2. The molecule has 0 aliphatic carbocycles. The molecule has 122 valence electrons. The molecule has 2 rings (SSSR count). The summed E-state index contributed by atoms with van der Waals surface area (Å²) < 4.78 is 5.23. The highest BCUT2D eigenvalue weighted by atomic mass is 35.5. The van der Waals surface area contributed by atoms with Crippen LogP contribution in [0.4, 0.5) is 0 Å². The van der Waals surface area contributed by atoms with E-state index in [4.69, 9.17) is 16.3 Å². The van der Waals surface area contributed by atoms with Crippen LogP contribution in [-0.2, 0) is 0 Å². The van der Waals surface area contributed by atoms with Gasteiger partial charge in [0.25, 0.3) is 5.91 Å². The van der Waals surface area contributed by atoms with Crippen molar-refractivity contribution in [3.05, 3.63) is 58.7 Å². The maximum absolute atomic E-state index is 12.1. The van der Waals surface area contributed by atoms with E-state index in [-0.39, 0.29) is 5.91 Å². The van der Waals surface area contributed by atoms with E-state index in [0.29, 0.717) is 36.0 Å². The molecule has 1 aromatic carbocycles. The molecular weight excluding hydrogens is 316 g/mol. The topological polar surface area (TPSA) is 71.5 Å². The summed E-state index contributed by atoms with van der Waals surface area (Å²) in [5, 5.41) is 13.1. The lowest BCUT2D eigenvalue weighted by molar-refractivity contribution is 0.0942. The lowest BCUT2D eigenvalue weighted by Crippen LogP contribution is -2.25. The first-order valence-electron chi connectivity index (χ1n) is 7.41. The standard InChI is InChI=1S/C17H19ClN2O3/c1-2-23-17-14(18)10-13(11-20-17)16(22)19-9-8-15(21)12-6-4-3-5-7-12/h3-7,10-11,15,21H,2,8-9H2,1H3,(H,19,22).